The highest BCUT2D eigenvalue weighted by atomic mass is 16.7. The molecule has 5 heteroatoms. The minimum absolute atomic E-state index is 0.00203. The lowest BCUT2D eigenvalue weighted by Gasteiger charge is -2.38. The molecule has 0 saturated carbocycles. The zero-order valence-corrected chi connectivity index (χ0v) is 12.9. The molecule has 1 aromatic carbocycles. The van der Waals surface area contributed by atoms with E-state index in [1.165, 1.54) is 12.7 Å². The van der Waals surface area contributed by atoms with Crippen LogP contribution in [0.3, 0.4) is 0 Å². The predicted octanol–water partition coefficient (Wildman–Crippen LogP) is 1.72. The highest BCUT2D eigenvalue weighted by Crippen LogP contribution is 2.33. The highest BCUT2D eigenvalue weighted by Gasteiger charge is 2.47. The van der Waals surface area contributed by atoms with Crippen LogP contribution >= 0.6 is 0 Å². The fraction of sp³-hybridized carbons (Fsp3) is 0.588. The maximum atomic E-state index is 11.9. The summed E-state index contributed by atoms with van der Waals surface area (Å²) in [5.41, 5.74) is 1.85. The third-order valence-electron chi connectivity index (χ3n) is 4.29. The number of hydrogen-bond acceptors (Lipinski definition) is 5. The summed E-state index contributed by atoms with van der Waals surface area (Å²) in [6.45, 7) is 2.36. The molecule has 2 saturated heterocycles. The topological polar surface area (TPSA) is 54.0 Å². The summed E-state index contributed by atoms with van der Waals surface area (Å²) < 4.78 is 20.9. The van der Waals surface area contributed by atoms with Crippen LogP contribution in [0.4, 0.5) is 0 Å². The smallest absolute Gasteiger partial charge is 0.316 e. The van der Waals surface area contributed by atoms with Gasteiger partial charge in [0.2, 0.25) is 0 Å². The first-order chi connectivity index (χ1) is 10.7. The fourth-order valence-electron chi connectivity index (χ4n) is 2.73. The van der Waals surface area contributed by atoms with Crippen LogP contribution in [0.15, 0.2) is 24.3 Å². The van der Waals surface area contributed by atoms with E-state index in [1.807, 2.05) is 0 Å². The van der Waals surface area contributed by atoms with Gasteiger partial charge < -0.3 is 18.9 Å². The fourth-order valence-corrected chi connectivity index (χ4v) is 2.73. The summed E-state index contributed by atoms with van der Waals surface area (Å²) in [6, 6.07) is 8.31. The summed E-state index contributed by atoms with van der Waals surface area (Å²) in [7, 11) is 1.43. The molecular formula is C17H22O5. The van der Waals surface area contributed by atoms with E-state index in [2.05, 4.69) is 24.3 Å². The second-order valence-corrected chi connectivity index (χ2v) is 5.97. The number of carbonyl (C=O) groups excluding carboxylic acids is 1. The van der Waals surface area contributed by atoms with Gasteiger partial charge in [-0.15, -0.1) is 0 Å². The molecular weight excluding hydrogens is 284 g/mol. The lowest BCUT2D eigenvalue weighted by molar-refractivity contribution is -0.214. The quantitative estimate of drug-likeness (QED) is 0.718. The number of rotatable bonds is 7. The van der Waals surface area contributed by atoms with Crippen LogP contribution in [-0.2, 0) is 36.6 Å². The van der Waals surface area contributed by atoms with Gasteiger partial charge in [-0.1, -0.05) is 24.3 Å². The second kappa shape index (κ2) is 6.77. The van der Waals surface area contributed by atoms with Gasteiger partial charge in [0.05, 0.1) is 33.5 Å². The van der Waals surface area contributed by atoms with Gasteiger partial charge in [0.15, 0.2) is 6.29 Å². The zero-order chi connectivity index (χ0) is 15.4. The molecule has 2 aliphatic heterocycles. The summed E-state index contributed by atoms with van der Waals surface area (Å²) in [4.78, 5) is 11.9. The minimum Gasteiger partial charge on any atom is -0.468 e. The van der Waals surface area contributed by atoms with Crippen LogP contribution in [0.2, 0.25) is 0 Å². The SMILES string of the molecule is COC(=O)C1(Cc2ccc(CCOC3CCO3)cc2)COC1. The van der Waals surface area contributed by atoms with Crippen molar-refractivity contribution in [2.45, 2.75) is 25.6 Å². The minimum atomic E-state index is -0.499. The lowest BCUT2D eigenvalue weighted by Crippen LogP contribution is -2.51. The van der Waals surface area contributed by atoms with Crippen LogP contribution in [0.1, 0.15) is 17.5 Å². The Bertz CT molecular complexity index is 502. The standard InChI is InChI=1S/C17H22O5/c1-19-16(18)17(11-20-12-17)10-14-4-2-13(3-5-14)6-8-21-15-7-9-22-15/h2-5,15H,6-12H2,1H3. The Morgan fingerprint density at radius 1 is 1.27 bits per heavy atom. The maximum absolute atomic E-state index is 11.9. The first-order valence-corrected chi connectivity index (χ1v) is 7.69. The second-order valence-electron chi connectivity index (χ2n) is 5.97. The zero-order valence-electron chi connectivity index (χ0n) is 12.9. The van der Waals surface area contributed by atoms with Gasteiger partial charge in [-0.2, -0.15) is 0 Å². The van der Waals surface area contributed by atoms with E-state index in [0.29, 0.717) is 26.2 Å². The molecule has 0 N–H and O–H groups in total. The molecule has 22 heavy (non-hydrogen) atoms. The summed E-state index contributed by atoms with van der Waals surface area (Å²) >= 11 is 0. The maximum Gasteiger partial charge on any atom is 0.316 e. The van der Waals surface area contributed by atoms with Gasteiger partial charge in [0.1, 0.15) is 5.41 Å². The monoisotopic (exact) mass is 306 g/mol. The van der Waals surface area contributed by atoms with Crippen molar-refractivity contribution >= 4 is 5.97 Å². The molecule has 0 radical (unpaired) electrons. The summed E-state index contributed by atoms with van der Waals surface area (Å²) in [5.74, 6) is -0.184. The molecule has 2 aliphatic rings. The van der Waals surface area contributed by atoms with E-state index in [0.717, 1.165) is 25.0 Å². The van der Waals surface area contributed by atoms with Gasteiger partial charge in [0, 0.05) is 6.42 Å². The molecule has 5 nitrogen and oxygen atoms in total. The molecule has 0 bridgehead atoms. The number of benzene rings is 1. The average molecular weight is 306 g/mol. The predicted molar refractivity (Wildman–Crippen MR) is 79.4 cm³/mol. The first-order valence-electron chi connectivity index (χ1n) is 7.69. The third kappa shape index (κ3) is 3.32. The molecule has 1 atom stereocenters. The highest BCUT2D eigenvalue weighted by molar-refractivity contribution is 5.78. The number of carbonyl (C=O) groups is 1. The van der Waals surface area contributed by atoms with E-state index in [4.69, 9.17) is 18.9 Å². The largest absolute Gasteiger partial charge is 0.468 e. The van der Waals surface area contributed by atoms with Gasteiger partial charge >= 0.3 is 5.97 Å². The Labute approximate surface area is 130 Å². The normalized spacial score (nSPS) is 22.5. The molecule has 2 heterocycles. The van der Waals surface area contributed by atoms with E-state index in [1.54, 1.807) is 0 Å². The van der Waals surface area contributed by atoms with Crippen molar-refractivity contribution in [1.82, 2.24) is 0 Å². The lowest BCUT2D eigenvalue weighted by atomic mass is 9.79. The van der Waals surface area contributed by atoms with Crippen molar-refractivity contribution in [2.75, 3.05) is 33.5 Å². The van der Waals surface area contributed by atoms with Crippen LogP contribution in [-0.4, -0.2) is 45.8 Å². The van der Waals surface area contributed by atoms with Gasteiger partial charge in [0.25, 0.3) is 0 Å². The third-order valence-corrected chi connectivity index (χ3v) is 4.29. The van der Waals surface area contributed by atoms with Crippen molar-refractivity contribution in [3.63, 3.8) is 0 Å². The number of methoxy groups -OCH3 is 1. The molecule has 1 aromatic rings. The molecule has 0 amide bonds. The van der Waals surface area contributed by atoms with Crippen molar-refractivity contribution in [3.8, 4) is 0 Å². The average Bonchev–Trinajstić information content (AvgIpc) is 2.46. The van der Waals surface area contributed by atoms with E-state index < -0.39 is 5.41 Å². The van der Waals surface area contributed by atoms with Crippen LogP contribution < -0.4 is 0 Å². The van der Waals surface area contributed by atoms with E-state index in [-0.39, 0.29) is 12.3 Å². The van der Waals surface area contributed by atoms with Crippen LogP contribution in [0.25, 0.3) is 0 Å². The molecule has 120 valence electrons. The van der Waals surface area contributed by atoms with Crippen molar-refractivity contribution < 1.29 is 23.7 Å². The molecule has 0 aromatic heterocycles. The van der Waals surface area contributed by atoms with Crippen molar-refractivity contribution in [3.05, 3.63) is 35.4 Å². The van der Waals surface area contributed by atoms with Crippen LogP contribution in [0.5, 0.6) is 0 Å². The Balaban J connectivity index is 1.51. The number of hydrogen-bond donors (Lipinski definition) is 0. The summed E-state index contributed by atoms with van der Waals surface area (Å²) in [6.07, 6.45) is 2.52. The van der Waals surface area contributed by atoms with Crippen LogP contribution in [0, 0.1) is 5.41 Å². The Morgan fingerprint density at radius 2 is 1.95 bits per heavy atom. The molecule has 0 spiro atoms. The Morgan fingerprint density at radius 3 is 2.45 bits per heavy atom. The van der Waals surface area contributed by atoms with Gasteiger partial charge in [-0.05, 0) is 24.0 Å². The molecule has 0 aliphatic carbocycles. The number of ether oxygens (including phenoxy) is 4. The van der Waals surface area contributed by atoms with Gasteiger partial charge in [-0.3, -0.25) is 4.79 Å². The molecule has 3 rings (SSSR count). The van der Waals surface area contributed by atoms with Crippen molar-refractivity contribution in [1.29, 1.82) is 0 Å². The van der Waals surface area contributed by atoms with Crippen molar-refractivity contribution in [2.24, 2.45) is 5.41 Å². The van der Waals surface area contributed by atoms with E-state index >= 15 is 0 Å². The molecule has 1 unspecified atom stereocenters. The van der Waals surface area contributed by atoms with Gasteiger partial charge in [-0.25, -0.2) is 0 Å². The number of esters is 1. The Hall–Kier alpha value is -1.43. The summed E-state index contributed by atoms with van der Waals surface area (Å²) in [5, 5.41) is 0. The van der Waals surface area contributed by atoms with E-state index in [9.17, 15) is 4.79 Å². The first kappa shape index (κ1) is 15.5. The Kier molecular flexibility index (Phi) is 4.76. The molecule has 2 fully saturated rings.